The van der Waals surface area contributed by atoms with Gasteiger partial charge in [-0.15, -0.1) is 0 Å². The van der Waals surface area contributed by atoms with Gasteiger partial charge in [0.15, 0.2) is 0 Å². The number of carbonyl (C=O) groups is 3. The van der Waals surface area contributed by atoms with E-state index in [1.165, 1.54) is 13.8 Å². The monoisotopic (exact) mass is 296 g/mol. The number of unbranched alkanes of at least 4 members (excludes halogenated alkanes) is 3. The molecule has 4 nitrogen and oxygen atoms in total. The third-order valence-corrected chi connectivity index (χ3v) is 4.67. The molecule has 4 atom stereocenters. The van der Waals surface area contributed by atoms with Gasteiger partial charge in [-0.1, -0.05) is 32.6 Å². The predicted octanol–water partition coefficient (Wildman–Crippen LogP) is 2.71. The second-order valence-electron chi connectivity index (χ2n) is 6.69. The lowest BCUT2D eigenvalue weighted by molar-refractivity contribution is -0.156. The minimum absolute atomic E-state index is 0.104. The molecule has 0 unspecified atom stereocenters. The predicted molar refractivity (Wildman–Crippen MR) is 80.8 cm³/mol. The van der Waals surface area contributed by atoms with Crippen LogP contribution in [0.2, 0.25) is 0 Å². The number of rotatable bonds is 7. The molecule has 1 aliphatic rings. The summed E-state index contributed by atoms with van der Waals surface area (Å²) in [5, 5.41) is 10.5. The van der Waals surface area contributed by atoms with Gasteiger partial charge in [-0.05, 0) is 33.1 Å². The first-order chi connectivity index (χ1) is 9.72. The summed E-state index contributed by atoms with van der Waals surface area (Å²) >= 11 is 0. The number of Topliss-reactive ketones (excluding diaryl/α,β-unsaturated/α-hetero) is 3. The van der Waals surface area contributed by atoms with Gasteiger partial charge in [0.05, 0.1) is 17.4 Å². The maximum absolute atomic E-state index is 12.2. The zero-order valence-electron chi connectivity index (χ0n) is 13.6. The molecule has 1 rings (SSSR count). The second kappa shape index (κ2) is 7.30. The van der Waals surface area contributed by atoms with E-state index in [4.69, 9.17) is 0 Å². The third-order valence-electron chi connectivity index (χ3n) is 4.67. The van der Waals surface area contributed by atoms with E-state index in [-0.39, 0.29) is 29.7 Å². The molecule has 0 saturated heterocycles. The van der Waals surface area contributed by atoms with Crippen LogP contribution >= 0.6 is 0 Å². The highest BCUT2D eigenvalue weighted by molar-refractivity contribution is 6.04. The van der Waals surface area contributed by atoms with Crippen LogP contribution in [-0.4, -0.2) is 28.1 Å². The lowest BCUT2D eigenvalue weighted by Gasteiger charge is -2.44. The van der Waals surface area contributed by atoms with E-state index < -0.39 is 17.4 Å². The first kappa shape index (κ1) is 18.0. The van der Waals surface area contributed by atoms with Crippen LogP contribution in [0.25, 0.3) is 0 Å². The molecule has 0 bridgehead atoms. The van der Waals surface area contributed by atoms with Crippen molar-refractivity contribution >= 4 is 17.3 Å². The van der Waals surface area contributed by atoms with Crippen LogP contribution < -0.4 is 0 Å². The Morgan fingerprint density at radius 1 is 1.19 bits per heavy atom. The van der Waals surface area contributed by atoms with Gasteiger partial charge in [-0.2, -0.15) is 0 Å². The topological polar surface area (TPSA) is 71.4 Å². The minimum Gasteiger partial charge on any atom is -0.389 e. The maximum Gasteiger partial charge on any atom is 0.146 e. The van der Waals surface area contributed by atoms with E-state index in [9.17, 15) is 19.5 Å². The molecular formula is C17H28O4. The molecule has 0 aromatic carbocycles. The van der Waals surface area contributed by atoms with Crippen molar-refractivity contribution in [2.24, 2.45) is 17.8 Å². The van der Waals surface area contributed by atoms with E-state index >= 15 is 0 Å². The second-order valence-corrected chi connectivity index (χ2v) is 6.69. The van der Waals surface area contributed by atoms with E-state index in [2.05, 4.69) is 6.92 Å². The maximum atomic E-state index is 12.2. The van der Waals surface area contributed by atoms with Gasteiger partial charge in [-0.25, -0.2) is 0 Å². The molecule has 4 heteroatoms. The number of hydrogen-bond acceptors (Lipinski definition) is 4. The van der Waals surface area contributed by atoms with Crippen molar-refractivity contribution in [2.75, 3.05) is 0 Å². The lowest BCUT2D eigenvalue weighted by atomic mass is 9.60. The third kappa shape index (κ3) is 4.22. The molecule has 0 aromatic heterocycles. The summed E-state index contributed by atoms with van der Waals surface area (Å²) in [6.07, 6.45) is 4.66. The highest BCUT2D eigenvalue weighted by Crippen LogP contribution is 2.43. The number of carbonyl (C=O) groups excluding carboxylic acids is 3. The highest BCUT2D eigenvalue weighted by Gasteiger charge is 2.52. The van der Waals surface area contributed by atoms with E-state index in [0.29, 0.717) is 6.42 Å². The SMILES string of the molecule is CCCCCC[C@@H]1[C@H](C(C)=O)C(=O)C[C@@](C)(O)[C@H]1C(C)=O. The average Bonchev–Trinajstić information content (AvgIpc) is 2.31. The smallest absolute Gasteiger partial charge is 0.146 e. The van der Waals surface area contributed by atoms with Gasteiger partial charge < -0.3 is 5.11 Å². The van der Waals surface area contributed by atoms with Crippen molar-refractivity contribution in [1.82, 2.24) is 0 Å². The highest BCUT2D eigenvalue weighted by atomic mass is 16.3. The Morgan fingerprint density at radius 3 is 2.29 bits per heavy atom. The normalized spacial score (nSPS) is 33.0. The molecule has 0 aliphatic heterocycles. The first-order valence-corrected chi connectivity index (χ1v) is 7.98. The Morgan fingerprint density at radius 2 is 1.81 bits per heavy atom. The minimum atomic E-state index is -1.33. The van der Waals surface area contributed by atoms with E-state index in [1.807, 2.05) is 0 Å². The Bertz CT molecular complexity index is 411. The van der Waals surface area contributed by atoms with Crippen molar-refractivity contribution in [2.45, 2.75) is 71.8 Å². The van der Waals surface area contributed by atoms with Gasteiger partial charge in [0.1, 0.15) is 17.3 Å². The summed E-state index contributed by atoms with van der Waals surface area (Å²) in [6, 6.07) is 0. The van der Waals surface area contributed by atoms with E-state index in [1.54, 1.807) is 6.92 Å². The molecule has 0 aromatic rings. The molecule has 120 valence electrons. The first-order valence-electron chi connectivity index (χ1n) is 7.98. The summed E-state index contributed by atoms with van der Waals surface area (Å²) in [7, 11) is 0. The summed E-state index contributed by atoms with van der Waals surface area (Å²) in [5.41, 5.74) is -1.33. The Kier molecular flexibility index (Phi) is 6.26. The summed E-state index contributed by atoms with van der Waals surface area (Å²) < 4.78 is 0. The van der Waals surface area contributed by atoms with Crippen LogP contribution in [0.3, 0.4) is 0 Å². The van der Waals surface area contributed by atoms with Gasteiger partial charge in [-0.3, -0.25) is 14.4 Å². The molecule has 21 heavy (non-hydrogen) atoms. The van der Waals surface area contributed by atoms with Gasteiger partial charge in [0, 0.05) is 6.42 Å². The quantitative estimate of drug-likeness (QED) is 0.579. The van der Waals surface area contributed by atoms with Crippen LogP contribution in [0.15, 0.2) is 0 Å². The molecule has 1 saturated carbocycles. The molecule has 0 spiro atoms. The van der Waals surface area contributed by atoms with Crippen molar-refractivity contribution in [3.8, 4) is 0 Å². The van der Waals surface area contributed by atoms with Crippen molar-refractivity contribution in [3.63, 3.8) is 0 Å². The van der Waals surface area contributed by atoms with Crippen LogP contribution in [0.1, 0.15) is 66.2 Å². The van der Waals surface area contributed by atoms with Crippen molar-refractivity contribution in [1.29, 1.82) is 0 Å². The fourth-order valence-corrected chi connectivity index (χ4v) is 3.87. The molecular weight excluding hydrogens is 268 g/mol. The number of ketones is 3. The van der Waals surface area contributed by atoms with Crippen molar-refractivity contribution < 1.29 is 19.5 Å². The average molecular weight is 296 g/mol. The summed E-state index contributed by atoms with van der Waals surface area (Å²) in [4.78, 5) is 36.1. The van der Waals surface area contributed by atoms with Gasteiger partial charge in [0.25, 0.3) is 0 Å². The fraction of sp³-hybridized carbons (Fsp3) is 0.824. The Labute approximate surface area is 127 Å². The lowest BCUT2D eigenvalue weighted by Crippen LogP contribution is -2.55. The van der Waals surface area contributed by atoms with Gasteiger partial charge >= 0.3 is 0 Å². The molecule has 0 radical (unpaired) electrons. The molecule has 0 amide bonds. The largest absolute Gasteiger partial charge is 0.389 e. The molecule has 0 heterocycles. The fourth-order valence-electron chi connectivity index (χ4n) is 3.87. The van der Waals surface area contributed by atoms with Crippen LogP contribution in [0.4, 0.5) is 0 Å². The van der Waals surface area contributed by atoms with Crippen LogP contribution in [0, 0.1) is 17.8 Å². The molecule has 1 N–H and O–H groups in total. The van der Waals surface area contributed by atoms with Gasteiger partial charge in [0.2, 0.25) is 0 Å². The Balaban J connectivity index is 3.00. The Hall–Kier alpha value is -1.03. The number of hydrogen-bond donors (Lipinski definition) is 1. The summed E-state index contributed by atoms with van der Waals surface area (Å²) in [6.45, 7) is 6.53. The standard InChI is InChI=1S/C17H28O4/c1-5-6-7-8-9-13-15(11(2)18)14(20)10-17(4,21)16(13)12(3)19/h13,15-16,21H,5-10H2,1-4H3/t13-,15+,16+,17-/m1/s1. The van der Waals surface area contributed by atoms with E-state index in [0.717, 1.165) is 25.7 Å². The zero-order valence-corrected chi connectivity index (χ0v) is 13.6. The van der Waals surface area contributed by atoms with Crippen molar-refractivity contribution in [3.05, 3.63) is 0 Å². The number of aliphatic hydroxyl groups is 1. The van der Waals surface area contributed by atoms with Crippen LogP contribution in [0.5, 0.6) is 0 Å². The van der Waals surface area contributed by atoms with Crippen LogP contribution in [-0.2, 0) is 14.4 Å². The molecule has 1 fully saturated rings. The summed E-state index contributed by atoms with van der Waals surface area (Å²) in [5.74, 6) is -2.22. The zero-order chi connectivity index (χ0) is 16.2. The molecule has 1 aliphatic carbocycles.